The Bertz CT molecular complexity index is 467. The minimum atomic E-state index is -0.137. The molecule has 1 N–H and O–H groups in total. The van der Waals surface area contributed by atoms with Crippen molar-refractivity contribution in [2.24, 2.45) is 5.92 Å². The van der Waals surface area contributed by atoms with Crippen molar-refractivity contribution in [1.82, 2.24) is 15.1 Å². The van der Waals surface area contributed by atoms with E-state index in [0.717, 1.165) is 39.0 Å². The summed E-state index contributed by atoms with van der Waals surface area (Å²) in [5.41, 5.74) is 1.19. The Morgan fingerprint density at radius 2 is 2.40 bits per heavy atom. The van der Waals surface area contributed by atoms with E-state index < -0.39 is 0 Å². The van der Waals surface area contributed by atoms with Crippen LogP contribution in [0.3, 0.4) is 0 Å². The number of carbonyl (C=O) groups is 1. The van der Waals surface area contributed by atoms with E-state index in [1.54, 1.807) is 4.68 Å². The molecule has 0 aliphatic carbocycles. The Kier molecular flexibility index (Phi) is 5.43. The number of hydrogen-bond acceptors (Lipinski definition) is 3. The maximum Gasteiger partial charge on any atom is 0.256 e. The SMILES string of the molecule is CCCCn1nc(C)c(C(=O)NCC2CCOC2)c1Cl. The summed E-state index contributed by atoms with van der Waals surface area (Å²) in [7, 11) is 0. The highest BCUT2D eigenvalue weighted by Gasteiger charge is 2.22. The second-order valence-corrected chi connectivity index (χ2v) is 5.63. The van der Waals surface area contributed by atoms with E-state index in [9.17, 15) is 4.79 Å². The molecule has 1 aliphatic heterocycles. The van der Waals surface area contributed by atoms with Gasteiger partial charge in [-0.3, -0.25) is 9.48 Å². The van der Waals surface area contributed by atoms with Crippen LogP contribution in [0.25, 0.3) is 0 Å². The third-order valence-corrected chi connectivity index (χ3v) is 3.98. The van der Waals surface area contributed by atoms with Crippen LogP contribution in [-0.4, -0.2) is 35.4 Å². The average molecular weight is 300 g/mol. The average Bonchev–Trinajstić information content (AvgIpc) is 3.02. The lowest BCUT2D eigenvalue weighted by Gasteiger charge is -2.09. The number of halogens is 1. The first-order chi connectivity index (χ1) is 9.63. The van der Waals surface area contributed by atoms with Gasteiger partial charge in [-0.2, -0.15) is 5.10 Å². The van der Waals surface area contributed by atoms with Crippen LogP contribution in [0.1, 0.15) is 42.2 Å². The number of carbonyl (C=O) groups excluding carboxylic acids is 1. The molecule has 0 aromatic carbocycles. The first-order valence-corrected chi connectivity index (χ1v) is 7.60. The standard InChI is InChI=1S/C14H22ClN3O2/c1-3-4-6-18-13(15)12(10(2)17-18)14(19)16-8-11-5-7-20-9-11/h11H,3-9H2,1-2H3,(H,16,19). The fourth-order valence-electron chi connectivity index (χ4n) is 2.34. The lowest BCUT2D eigenvalue weighted by atomic mass is 10.1. The fourth-order valence-corrected chi connectivity index (χ4v) is 2.68. The molecule has 1 amide bonds. The molecule has 1 atom stereocenters. The van der Waals surface area contributed by atoms with Crippen molar-refractivity contribution in [2.75, 3.05) is 19.8 Å². The van der Waals surface area contributed by atoms with Crippen LogP contribution in [0, 0.1) is 12.8 Å². The maximum absolute atomic E-state index is 12.2. The second kappa shape index (κ2) is 7.09. The molecule has 0 saturated carbocycles. The third kappa shape index (κ3) is 3.52. The summed E-state index contributed by atoms with van der Waals surface area (Å²) in [5.74, 6) is 0.273. The van der Waals surface area contributed by atoms with E-state index in [4.69, 9.17) is 16.3 Å². The van der Waals surface area contributed by atoms with Crippen LogP contribution < -0.4 is 5.32 Å². The molecule has 112 valence electrons. The highest BCUT2D eigenvalue weighted by molar-refractivity contribution is 6.33. The predicted octanol–water partition coefficient (Wildman–Crippen LogP) is 2.41. The second-order valence-electron chi connectivity index (χ2n) is 5.27. The normalized spacial score (nSPS) is 18.4. The van der Waals surface area contributed by atoms with Gasteiger partial charge < -0.3 is 10.1 Å². The minimum absolute atomic E-state index is 0.137. The lowest BCUT2D eigenvalue weighted by molar-refractivity contribution is 0.0944. The molecular formula is C14H22ClN3O2. The Labute approximate surface area is 124 Å². The molecule has 1 fully saturated rings. The van der Waals surface area contributed by atoms with Gasteiger partial charge in [0.25, 0.3) is 5.91 Å². The number of amides is 1. The van der Waals surface area contributed by atoms with Crippen molar-refractivity contribution in [1.29, 1.82) is 0 Å². The number of aryl methyl sites for hydroxylation is 2. The van der Waals surface area contributed by atoms with Crippen LogP contribution in [0.4, 0.5) is 0 Å². The molecule has 1 aromatic heterocycles. The monoisotopic (exact) mass is 299 g/mol. The van der Waals surface area contributed by atoms with Gasteiger partial charge in [-0.1, -0.05) is 24.9 Å². The van der Waals surface area contributed by atoms with Gasteiger partial charge in [0.1, 0.15) is 5.15 Å². The third-order valence-electron chi connectivity index (χ3n) is 3.59. The fraction of sp³-hybridized carbons (Fsp3) is 0.714. The summed E-state index contributed by atoms with van der Waals surface area (Å²) in [6, 6.07) is 0. The molecule has 2 heterocycles. The Balaban J connectivity index is 1.99. The van der Waals surface area contributed by atoms with E-state index in [-0.39, 0.29) is 5.91 Å². The molecule has 6 heteroatoms. The molecule has 2 rings (SSSR count). The Morgan fingerprint density at radius 3 is 3.05 bits per heavy atom. The van der Waals surface area contributed by atoms with Crippen molar-refractivity contribution >= 4 is 17.5 Å². The maximum atomic E-state index is 12.2. The van der Waals surface area contributed by atoms with Gasteiger partial charge in [0.2, 0.25) is 0 Å². The van der Waals surface area contributed by atoms with Crippen LogP contribution in [0.15, 0.2) is 0 Å². The van der Waals surface area contributed by atoms with Crippen LogP contribution >= 0.6 is 11.6 Å². The molecule has 1 aromatic rings. The number of nitrogens with one attached hydrogen (secondary N) is 1. The zero-order valence-electron chi connectivity index (χ0n) is 12.1. The summed E-state index contributed by atoms with van der Waals surface area (Å²) in [5, 5.41) is 7.72. The lowest BCUT2D eigenvalue weighted by Crippen LogP contribution is -2.30. The zero-order valence-corrected chi connectivity index (χ0v) is 12.9. The Hall–Kier alpha value is -1.07. The molecule has 0 spiro atoms. The summed E-state index contributed by atoms with van der Waals surface area (Å²) in [6.45, 7) is 6.83. The van der Waals surface area contributed by atoms with Crippen LogP contribution in [0.2, 0.25) is 5.15 Å². The van der Waals surface area contributed by atoms with Crippen molar-refractivity contribution < 1.29 is 9.53 Å². The molecule has 20 heavy (non-hydrogen) atoms. The van der Waals surface area contributed by atoms with Crippen LogP contribution in [-0.2, 0) is 11.3 Å². The van der Waals surface area contributed by atoms with Gasteiger partial charge >= 0.3 is 0 Å². The summed E-state index contributed by atoms with van der Waals surface area (Å²) < 4.78 is 7.01. The summed E-state index contributed by atoms with van der Waals surface area (Å²) in [4.78, 5) is 12.2. The number of hydrogen-bond donors (Lipinski definition) is 1. The molecular weight excluding hydrogens is 278 g/mol. The summed E-state index contributed by atoms with van der Waals surface area (Å²) >= 11 is 6.27. The number of unbranched alkanes of at least 4 members (excludes halogenated alkanes) is 1. The van der Waals surface area contributed by atoms with Gasteiger partial charge in [0.15, 0.2) is 0 Å². The molecule has 0 radical (unpaired) electrons. The van der Waals surface area contributed by atoms with Gasteiger partial charge in [-0.05, 0) is 19.8 Å². The topological polar surface area (TPSA) is 56.2 Å². The highest BCUT2D eigenvalue weighted by Crippen LogP contribution is 2.20. The zero-order chi connectivity index (χ0) is 14.5. The molecule has 1 aliphatic rings. The molecule has 1 saturated heterocycles. The highest BCUT2D eigenvalue weighted by atomic mass is 35.5. The molecule has 1 unspecified atom stereocenters. The number of nitrogens with zero attached hydrogens (tertiary/aromatic N) is 2. The van der Waals surface area contributed by atoms with Crippen molar-refractivity contribution in [3.63, 3.8) is 0 Å². The number of ether oxygens (including phenoxy) is 1. The van der Waals surface area contributed by atoms with Gasteiger partial charge in [0.05, 0.1) is 17.9 Å². The van der Waals surface area contributed by atoms with E-state index in [2.05, 4.69) is 17.3 Å². The van der Waals surface area contributed by atoms with E-state index in [1.807, 2.05) is 6.92 Å². The van der Waals surface area contributed by atoms with Gasteiger partial charge in [0, 0.05) is 25.6 Å². The van der Waals surface area contributed by atoms with Crippen LogP contribution in [0.5, 0.6) is 0 Å². The van der Waals surface area contributed by atoms with Crippen molar-refractivity contribution in [2.45, 2.75) is 39.7 Å². The van der Waals surface area contributed by atoms with E-state index in [0.29, 0.717) is 28.9 Å². The number of rotatable bonds is 6. The first kappa shape index (κ1) is 15.3. The molecule has 5 nitrogen and oxygen atoms in total. The predicted molar refractivity (Wildman–Crippen MR) is 78.1 cm³/mol. The van der Waals surface area contributed by atoms with E-state index in [1.165, 1.54) is 0 Å². The summed E-state index contributed by atoms with van der Waals surface area (Å²) in [6.07, 6.45) is 3.07. The molecule has 0 bridgehead atoms. The van der Waals surface area contributed by atoms with Gasteiger partial charge in [-0.15, -0.1) is 0 Å². The minimum Gasteiger partial charge on any atom is -0.381 e. The van der Waals surface area contributed by atoms with E-state index >= 15 is 0 Å². The van der Waals surface area contributed by atoms with Crippen molar-refractivity contribution in [3.8, 4) is 0 Å². The van der Waals surface area contributed by atoms with Crippen molar-refractivity contribution in [3.05, 3.63) is 16.4 Å². The number of aromatic nitrogens is 2. The largest absolute Gasteiger partial charge is 0.381 e. The smallest absolute Gasteiger partial charge is 0.256 e. The Morgan fingerprint density at radius 1 is 1.60 bits per heavy atom. The van der Waals surface area contributed by atoms with Gasteiger partial charge in [-0.25, -0.2) is 0 Å². The quantitative estimate of drug-likeness (QED) is 0.877. The first-order valence-electron chi connectivity index (χ1n) is 7.22.